The van der Waals surface area contributed by atoms with Crippen LogP contribution in [0, 0.1) is 10.1 Å². The zero-order valence-corrected chi connectivity index (χ0v) is 11.0. The first-order valence-electron chi connectivity index (χ1n) is 6.72. The minimum Gasteiger partial charge on any atom is -0.382 e. The van der Waals surface area contributed by atoms with Gasteiger partial charge < -0.3 is 9.88 Å². The average Bonchev–Trinajstić information content (AvgIpc) is 2.97. The fraction of sp³-hybridized carbons (Fsp3) is 0.357. The molecule has 0 bridgehead atoms. The van der Waals surface area contributed by atoms with Crippen LogP contribution >= 0.6 is 0 Å². The number of nitro groups is 1. The van der Waals surface area contributed by atoms with E-state index >= 15 is 0 Å². The third-order valence-electron chi connectivity index (χ3n) is 3.72. The summed E-state index contributed by atoms with van der Waals surface area (Å²) in [4.78, 5) is 14.5. The van der Waals surface area contributed by atoms with Gasteiger partial charge in [0.2, 0.25) is 0 Å². The van der Waals surface area contributed by atoms with Crippen molar-refractivity contribution in [2.45, 2.75) is 31.8 Å². The van der Waals surface area contributed by atoms with Gasteiger partial charge in [-0.2, -0.15) is 0 Å². The quantitative estimate of drug-likeness (QED) is 0.686. The number of imidazole rings is 1. The number of hydrogen-bond acceptors (Lipinski definition) is 4. The van der Waals surface area contributed by atoms with Crippen LogP contribution in [0.2, 0.25) is 0 Å². The topological polar surface area (TPSA) is 73.0 Å². The van der Waals surface area contributed by atoms with Crippen LogP contribution in [-0.2, 0) is 13.0 Å². The molecule has 3 rings (SSSR count). The first kappa shape index (κ1) is 12.7. The van der Waals surface area contributed by atoms with Gasteiger partial charge in [0.15, 0.2) is 0 Å². The summed E-state index contributed by atoms with van der Waals surface area (Å²) < 4.78 is 2.05. The van der Waals surface area contributed by atoms with Crippen LogP contribution in [0.25, 0.3) is 0 Å². The smallest absolute Gasteiger partial charge is 0.271 e. The molecule has 6 nitrogen and oxygen atoms in total. The van der Waals surface area contributed by atoms with Gasteiger partial charge in [-0.1, -0.05) is 6.07 Å². The molecular formula is C14H16N4O2. The molecule has 0 saturated heterocycles. The number of nitrogens with zero attached hydrogens (tertiary/aromatic N) is 3. The fourth-order valence-corrected chi connectivity index (χ4v) is 2.59. The molecule has 0 fully saturated rings. The second-order valence-electron chi connectivity index (χ2n) is 5.07. The Hall–Kier alpha value is -2.37. The maximum absolute atomic E-state index is 10.8. The van der Waals surface area contributed by atoms with Crippen LogP contribution < -0.4 is 5.32 Å². The molecule has 1 atom stereocenters. The van der Waals surface area contributed by atoms with Crippen molar-refractivity contribution >= 4 is 11.4 Å². The molecule has 2 heterocycles. The number of anilines is 1. The Morgan fingerprint density at radius 1 is 1.50 bits per heavy atom. The molecule has 0 aliphatic carbocycles. The Morgan fingerprint density at radius 3 is 3.15 bits per heavy atom. The molecule has 1 aliphatic rings. The van der Waals surface area contributed by atoms with E-state index in [1.165, 1.54) is 0 Å². The van der Waals surface area contributed by atoms with Gasteiger partial charge in [-0.3, -0.25) is 10.1 Å². The van der Waals surface area contributed by atoms with Crippen molar-refractivity contribution in [2.24, 2.45) is 0 Å². The van der Waals surface area contributed by atoms with Crippen LogP contribution in [0.4, 0.5) is 11.4 Å². The van der Waals surface area contributed by atoms with E-state index in [-0.39, 0.29) is 10.6 Å². The third-order valence-corrected chi connectivity index (χ3v) is 3.72. The number of nitrogens with one attached hydrogen (secondary N) is 1. The zero-order valence-electron chi connectivity index (χ0n) is 11.0. The van der Waals surface area contributed by atoms with E-state index in [2.05, 4.69) is 10.3 Å². The highest BCUT2D eigenvalue weighted by Crippen LogP contribution is 2.29. The minimum absolute atomic E-state index is 0.145. The summed E-state index contributed by atoms with van der Waals surface area (Å²) >= 11 is 0. The summed E-state index contributed by atoms with van der Waals surface area (Å²) in [6, 6.07) is 5.42. The standard InChI is InChI=1S/C14H16N4O2/c19-18(20)13-4-2-11-1-3-12(16-14(11)9-13)5-7-17-8-6-15-10-17/h2,4,6,8-10,12,16H,1,3,5,7H2. The van der Waals surface area contributed by atoms with E-state index in [9.17, 15) is 10.1 Å². The summed E-state index contributed by atoms with van der Waals surface area (Å²) in [6.07, 6.45) is 8.53. The number of non-ortho nitro benzene ring substituents is 1. The molecule has 6 heteroatoms. The lowest BCUT2D eigenvalue weighted by Crippen LogP contribution is -2.26. The number of benzene rings is 1. The van der Waals surface area contributed by atoms with Crippen molar-refractivity contribution in [3.05, 3.63) is 52.6 Å². The molecule has 2 aromatic rings. The molecule has 1 N–H and O–H groups in total. The van der Waals surface area contributed by atoms with Gasteiger partial charge in [0.25, 0.3) is 5.69 Å². The van der Waals surface area contributed by atoms with Crippen LogP contribution in [0.3, 0.4) is 0 Å². The van der Waals surface area contributed by atoms with E-state index in [1.807, 2.05) is 23.2 Å². The monoisotopic (exact) mass is 272 g/mol. The van der Waals surface area contributed by atoms with Gasteiger partial charge in [-0.05, 0) is 24.8 Å². The van der Waals surface area contributed by atoms with Crippen molar-refractivity contribution < 1.29 is 4.92 Å². The average molecular weight is 272 g/mol. The molecule has 1 aromatic carbocycles. The van der Waals surface area contributed by atoms with Gasteiger partial charge in [0.1, 0.15) is 0 Å². The maximum atomic E-state index is 10.8. The Kier molecular flexibility index (Phi) is 3.37. The minimum atomic E-state index is -0.350. The summed E-state index contributed by atoms with van der Waals surface area (Å²) in [7, 11) is 0. The lowest BCUT2D eigenvalue weighted by Gasteiger charge is -2.27. The van der Waals surface area contributed by atoms with Crippen molar-refractivity contribution in [2.75, 3.05) is 5.32 Å². The van der Waals surface area contributed by atoms with E-state index in [4.69, 9.17) is 0 Å². The zero-order chi connectivity index (χ0) is 13.9. The predicted octanol–water partition coefficient (Wildman–Crippen LogP) is 2.61. The summed E-state index contributed by atoms with van der Waals surface area (Å²) in [5.74, 6) is 0. The molecule has 1 aliphatic heterocycles. The molecule has 1 unspecified atom stereocenters. The fourth-order valence-electron chi connectivity index (χ4n) is 2.59. The van der Waals surface area contributed by atoms with Crippen molar-refractivity contribution in [1.29, 1.82) is 0 Å². The Morgan fingerprint density at radius 2 is 2.40 bits per heavy atom. The maximum Gasteiger partial charge on any atom is 0.271 e. The van der Waals surface area contributed by atoms with Crippen molar-refractivity contribution in [3.8, 4) is 0 Å². The number of aromatic nitrogens is 2. The summed E-state index contributed by atoms with van der Waals surface area (Å²) in [5, 5.41) is 14.2. The number of hydrogen-bond donors (Lipinski definition) is 1. The van der Waals surface area contributed by atoms with E-state index < -0.39 is 0 Å². The van der Waals surface area contributed by atoms with Crippen molar-refractivity contribution in [3.63, 3.8) is 0 Å². The highest BCUT2D eigenvalue weighted by atomic mass is 16.6. The van der Waals surface area contributed by atoms with Gasteiger partial charge in [-0.25, -0.2) is 4.98 Å². The molecule has 0 amide bonds. The van der Waals surface area contributed by atoms with Gasteiger partial charge in [0, 0.05) is 42.8 Å². The first-order valence-corrected chi connectivity index (χ1v) is 6.72. The van der Waals surface area contributed by atoms with Gasteiger partial charge in [-0.15, -0.1) is 0 Å². The normalized spacial score (nSPS) is 17.3. The second kappa shape index (κ2) is 5.32. The summed E-state index contributed by atoms with van der Waals surface area (Å²) in [5.41, 5.74) is 2.21. The molecule has 104 valence electrons. The van der Waals surface area contributed by atoms with E-state index in [0.29, 0.717) is 6.04 Å². The van der Waals surface area contributed by atoms with Gasteiger partial charge in [0.05, 0.1) is 11.3 Å². The highest BCUT2D eigenvalue weighted by molar-refractivity contribution is 5.59. The molecule has 0 saturated carbocycles. The summed E-state index contributed by atoms with van der Waals surface area (Å²) in [6.45, 7) is 0.905. The Labute approximate surface area is 116 Å². The SMILES string of the molecule is O=[N+]([O-])c1ccc2c(c1)NC(CCn1ccnc1)CC2. The highest BCUT2D eigenvalue weighted by Gasteiger charge is 2.19. The molecule has 20 heavy (non-hydrogen) atoms. The first-order chi connectivity index (χ1) is 9.72. The number of fused-ring (bicyclic) bond motifs is 1. The van der Waals surface area contributed by atoms with Crippen LogP contribution in [0.5, 0.6) is 0 Å². The Bertz CT molecular complexity index is 610. The largest absolute Gasteiger partial charge is 0.382 e. The van der Waals surface area contributed by atoms with E-state index in [0.717, 1.165) is 37.1 Å². The third kappa shape index (κ3) is 2.64. The molecular weight excluding hydrogens is 256 g/mol. The number of nitro benzene ring substituents is 1. The lowest BCUT2D eigenvalue weighted by atomic mass is 9.96. The van der Waals surface area contributed by atoms with E-state index in [1.54, 1.807) is 18.3 Å². The van der Waals surface area contributed by atoms with Crippen LogP contribution in [-0.4, -0.2) is 20.5 Å². The van der Waals surface area contributed by atoms with Gasteiger partial charge >= 0.3 is 0 Å². The predicted molar refractivity (Wildman–Crippen MR) is 75.7 cm³/mol. The Balaban J connectivity index is 1.67. The lowest BCUT2D eigenvalue weighted by molar-refractivity contribution is -0.384. The van der Waals surface area contributed by atoms with Crippen LogP contribution in [0.15, 0.2) is 36.9 Å². The number of rotatable bonds is 4. The molecule has 0 spiro atoms. The molecule has 1 aromatic heterocycles. The second-order valence-corrected chi connectivity index (χ2v) is 5.07. The van der Waals surface area contributed by atoms with Crippen LogP contribution in [0.1, 0.15) is 18.4 Å². The van der Waals surface area contributed by atoms with Crippen molar-refractivity contribution in [1.82, 2.24) is 9.55 Å². The molecule has 0 radical (unpaired) electrons. The number of aryl methyl sites for hydroxylation is 2.